The Morgan fingerprint density at radius 1 is 1.50 bits per heavy atom. The standard InChI is InChI=1S/C13H23N3/c1-3-7-16-8-6-14-13(16)9-12-5-4-11(2)15-10-12/h6,8,11-12,15H,3-5,7,9-10H2,1-2H3. The van der Waals surface area contributed by atoms with Gasteiger partial charge in [0.05, 0.1) is 0 Å². The molecule has 3 heteroatoms. The van der Waals surface area contributed by atoms with Crippen molar-refractivity contribution in [3.8, 4) is 0 Å². The normalized spacial score (nSPS) is 25.9. The minimum atomic E-state index is 0.701. The van der Waals surface area contributed by atoms with Crippen LogP contribution >= 0.6 is 0 Å². The molecule has 0 amide bonds. The van der Waals surface area contributed by atoms with Crippen molar-refractivity contribution in [1.29, 1.82) is 0 Å². The smallest absolute Gasteiger partial charge is 0.108 e. The third-order valence-corrected chi connectivity index (χ3v) is 3.50. The van der Waals surface area contributed by atoms with Gasteiger partial charge in [-0.2, -0.15) is 0 Å². The highest BCUT2D eigenvalue weighted by Gasteiger charge is 2.19. The average molecular weight is 221 g/mol. The Bertz CT molecular complexity index is 311. The fraction of sp³-hybridized carbons (Fsp3) is 0.769. The van der Waals surface area contributed by atoms with E-state index in [0.29, 0.717) is 6.04 Å². The molecule has 3 nitrogen and oxygen atoms in total. The minimum absolute atomic E-state index is 0.701. The number of nitrogens with zero attached hydrogens (tertiary/aromatic N) is 2. The molecule has 2 unspecified atom stereocenters. The van der Waals surface area contributed by atoms with E-state index in [1.165, 1.54) is 25.1 Å². The van der Waals surface area contributed by atoms with E-state index in [2.05, 4.69) is 34.9 Å². The molecule has 2 rings (SSSR count). The molecule has 0 saturated carbocycles. The summed E-state index contributed by atoms with van der Waals surface area (Å²) in [5, 5.41) is 3.56. The molecule has 1 aliphatic heterocycles. The lowest BCUT2D eigenvalue weighted by Crippen LogP contribution is -2.37. The highest BCUT2D eigenvalue weighted by molar-refractivity contribution is 4.95. The van der Waals surface area contributed by atoms with Gasteiger partial charge in [-0.15, -0.1) is 0 Å². The Kier molecular flexibility index (Phi) is 3.99. The Balaban J connectivity index is 1.90. The second-order valence-corrected chi connectivity index (χ2v) is 4.99. The molecule has 2 atom stereocenters. The Hall–Kier alpha value is -0.830. The summed E-state index contributed by atoms with van der Waals surface area (Å²) in [4.78, 5) is 4.48. The molecule has 0 radical (unpaired) electrons. The number of aryl methyl sites for hydroxylation is 1. The van der Waals surface area contributed by atoms with Crippen molar-refractivity contribution in [2.45, 2.75) is 52.1 Å². The third-order valence-electron chi connectivity index (χ3n) is 3.50. The van der Waals surface area contributed by atoms with Crippen molar-refractivity contribution in [2.75, 3.05) is 6.54 Å². The van der Waals surface area contributed by atoms with Crippen molar-refractivity contribution >= 4 is 0 Å². The molecule has 0 bridgehead atoms. The largest absolute Gasteiger partial charge is 0.335 e. The SMILES string of the molecule is CCCn1ccnc1CC1CCC(C)NC1. The molecular weight excluding hydrogens is 198 g/mol. The van der Waals surface area contributed by atoms with Gasteiger partial charge in [0, 0.05) is 31.4 Å². The molecule has 2 heterocycles. The summed E-state index contributed by atoms with van der Waals surface area (Å²) in [6.07, 6.45) is 9.00. The summed E-state index contributed by atoms with van der Waals surface area (Å²) < 4.78 is 2.30. The minimum Gasteiger partial charge on any atom is -0.335 e. The summed E-state index contributed by atoms with van der Waals surface area (Å²) in [7, 11) is 0. The van der Waals surface area contributed by atoms with Crippen molar-refractivity contribution in [2.24, 2.45) is 5.92 Å². The molecule has 1 aromatic rings. The number of hydrogen-bond acceptors (Lipinski definition) is 2. The maximum Gasteiger partial charge on any atom is 0.108 e. The van der Waals surface area contributed by atoms with E-state index in [0.717, 1.165) is 25.4 Å². The molecule has 1 fully saturated rings. The number of nitrogens with one attached hydrogen (secondary N) is 1. The monoisotopic (exact) mass is 221 g/mol. The second-order valence-electron chi connectivity index (χ2n) is 4.99. The molecule has 1 N–H and O–H groups in total. The summed E-state index contributed by atoms with van der Waals surface area (Å²) in [5.41, 5.74) is 0. The van der Waals surface area contributed by atoms with E-state index < -0.39 is 0 Å². The first-order valence-electron chi connectivity index (χ1n) is 6.53. The Morgan fingerprint density at radius 2 is 2.38 bits per heavy atom. The maximum absolute atomic E-state index is 4.48. The van der Waals surface area contributed by atoms with Crippen LogP contribution in [0.15, 0.2) is 12.4 Å². The van der Waals surface area contributed by atoms with Crippen LogP contribution in [0, 0.1) is 5.92 Å². The molecule has 1 aromatic heterocycles. The zero-order valence-electron chi connectivity index (χ0n) is 10.4. The van der Waals surface area contributed by atoms with Crippen molar-refractivity contribution in [3.63, 3.8) is 0 Å². The van der Waals surface area contributed by atoms with Gasteiger partial charge in [0.1, 0.15) is 5.82 Å². The van der Waals surface area contributed by atoms with Gasteiger partial charge in [-0.25, -0.2) is 4.98 Å². The fourth-order valence-electron chi connectivity index (χ4n) is 2.46. The van der Waals surface area contributed by atoms with Gasteiger partial charge in [-0.05, 0) is 38.6 Å². The summed E-state index contributed by atoms with van der Waals surface area (Å²) in [6, 6.07) is 0.701. The lowest BCUT2D eigenvalue weighted by Gasteiger charge is -2.27. The number of piperidine rings is 1. The van der Waals surface area contributed by atoms with E-state index in [9.17, 15) is 0 Å². The first kappa shape index (κ1) is 11.6. The predicted octanol–water partition coefficient (Wildman–Crippen LogP) is 2.22. The van der Waals surface area contributed by atoms with Gasteiger partial charge >= 0.3 is 0 Å². The lowest BCUT2D eigenvalue weighted by molar-refractivity contribution is 0.316. The molecular formula is C13H23N3. The first-order chi connectivity index (χ1) is 7.79. The van der Waals surface area contributed by atoms with Crippen LogP contribution in [0.3, 0.4) is 0 Å². The fourth-order valence-corrected chi connectivity index (χ4v) is 2.46. The molecule has 1 aliphatic rings. The van der Waals surface area contributed by atoms with Gasteiger partial charge in [-0.1, -0.05) is 6.92 Å². The third kappa shape index (κ3) is 2.85. The predicted molar refractivity (Wildman–Crippen MR) is 66.4 cm³/mol. The number of hydrogen-bond donors (Lipinski definition) is 1. The number of imidazole rings is 1. The van der Waals surface area contributed by atoms with E-state index in [-0.39, 0.29) is 0 Å². The number of rotatable bonds is 4. The van der Waals surface area contributed by atoms with Crippen LogP contribution in [0.1, 0.15) is 38.9 Å². The number of aromatic nitrogens is 2. The second kappa shape index (κ2) is 5.48. The van der Waals surface area contributed by atoms with Crippen LogP contribution < -0.4 is 5.32 Å². The van der Waals surface area contributed by atoms with E-state index in [1.807, 2.05) is 6.20 Å². The van der Waals surface area contributed by atoms with Crippen LogP contribution in [-0.2, 0) is 13.0 Å². The Morgan fingerprint density at radius 3 is 3.06 bits per heavy atom. The molecule has 16 heavy (non-hydrogen) atoms. The molecule has 1 saturated heterocycles. The van der Waals surface area contributed by atoms with Crippen molar-refractivity contribution in [3.05, 3.63) is 18.2 Å². The molecule has 90 valence electrons. The Labute approximate surface area is 98.3 Å². The zero-order chi connectivity index (χ0) is 11.4. The van der Waals surface area contributed by atoms with Crippen LogP contribution in [-0.4, -0.2) is 22.1 Å². The molecule has 0 aromatic carbocycles. The maximum atomic E-state index is 4.48. The molecule has 0 aliphatic carbocycles. The first-order valence-corrected chi connectivity index (χ1v) is 6.53. The van der Waals surface area contributed by atoms with Gasteiger partial charge in [0.2, 0.25) is 0 Å². The summed E-state index contributed by atoms with van der Waals surface area (Å²) in [6.45, 7) is 6.74. The van der Waals surface area contributed by atoms with E-state index in [4.69, 9.17) is 0 Å². The van der Waals surface area contributed by atoms with Crippen molar-refractivity contribution < 1.29 is 0 Å². The van der Waals surface area contributed by atoms with Crippen molar-refractivity contribution in [1.82, 2.24) is 14.9 Å². The van der Waals surface area contributed by atoms with E-state index in [1.54, 1.807) is 0 Å². The van der Waals surface area contributed by atoms with Crippen LogP contribution in [0.25, 0.3) is 0 Å². The van der Waals surface area contributed by atoms with E-state index >= 15 is 0 Å². The quantitative estimate of drug-likeness (QED) is 0.845. The summed E-state index contributed by atoms with van der Waals surface area (Å²) in [5.74, 6) is 2.04. The van der Waals surface area contributed by atoms with Gasteiger partial charge < -0.3 is 9.88 Å². The van der Waals surface area contributed by atoms with Crippen LogP contribution in [0.5, 0.6) is 0 Å². The van der Waals surface area contributed by atoms with Gasteiger partial charge in [0.15, 0.2) is 0 Å². The molecule has 0 spiro atoms. The highest BCUT2D eigenvalue weighted by atomic mass is 15.1. The van der Waals surface area contributed by atoms with Crippen LogP contribution in [0.2, 0.25) is 0 Å². The summed E-state index contributed by atoms with van der Waals surface area (Å²) >= 11 is 0. The zero-order valence-corrected chi connectivity index (χ0v) is 10.4. The van der Waals surface area contributed by atoms with Gasteiger partial charge in [-0.3, -0.25) is 0 Å². The van der Waals surface area contributed by atoms with Gasteiger partial charge in [0.25, 0.3) is 0 Å². The topological polar surface area (TPSA) is 29.9 Å². The van der Waals surface area contributed by atoms with Crippen LogP contribution in [0.4, 0.5) is 0 Å². The average Bonchev–Trinajstić information content (AvgIpc) is 2.70. The lowest BCUT2D eigenvalue weighted by atomic mass is 9.92. The highest BCUT2D eigenvalue weighted by Crippen LogP contribution is 2.18.